The van der Waals surface area contributed by atoms with E-state index in [0.29, 0.717) is 6.61 Å². The molecule has 4 aliphatic carbocycles. The Bertz CT molecular complexity index is 1030. The molecule has 1 aliphatic heterocycles. The van der Waals surface area contributed by atoms with E-state index in [9.17, 15) is 4.79 Å². The Kier molecular flexibility index (Phi) is 5.54. The number of carbonyl (C=O) groups is 1. The molecule has 5 nitrogen and oxygen atoms in total. The molecule has 31 heavy (non-hydrogen) atoms. The van der Waals surface area contributed by atoms with E-state index in [-0.39, 0.29) is 5.54 Å². The van der Waals surface area contributed by atoms with E-state index in [1.165, 1.54) is 16.7 Å². The van der Waals surface area contributed by atoms with Crippen LogP contribution in [0.25, 0.3) is 0 Å². The maximum Gasteiger partial charge on any atom is 0.412 e. The van der Waals surface area contributed by atoms with Gasteiger partial charge in [-0.25, -0.2) is 9.79 Å². The van der Waals surface area contributed by atoms with E-state index in [2.05, 4.69) is 55.6 Å². The first-order valence-corrected chi connectivity index (χ1v) is 11.0. The van der Waals surface area contributed by atoms with Crippen LogP contribution in [0.1, 0.15) is 62.4 Å². The zero-order valence-electron chi connectivity index (χ0n) is 19.2. The fraction of sp³-hybridized carbons (Fsp3) is 0.462. The maximum atomic E-state index is 12.4. The number of anilines is 1. The number of nitrogens with one attached hydrogen (secondary N) is 1. The van der Waals surface area contributed by atoms with Crippen molar-refractivity contribution < 1.29 is 14.3 Å². The molecule has 4 bridgehead atoms. The Hall–Kier alpha value is -2.82. The van der Waals surface area contributed by atoms with Crippen LogP contribution in [0.2, 0.25) is 0 Å². The first kappa shape index (κ1) is 21.4. The van der Waals surface area contributed by atoms with E-state index in [4.69, 9.17) is 14.5 Å². The van der Waals surface area contributed by atoms with Crippen molar-refractivity contribution in [2.24, 2.45) is 4.99 Å². The number of carbonyl (C=O) groups excluding carboxylic acids is 1. The first-order valence-electron chi connectivity index (χ1n) is 11.0. The number of aryl methyl sites for hydroxylation is 4. The lowest BCUT2D eigenvalue weighted by atomic mass is 9.92. The topological polar surface area (TPSA) is 59.9 Å². The highest BCUT2D eigenvalue weighted by Gasteiger charge is 2.28. The van der Waals surface area contributed by atoms with Gasteiger partial charge in [0.1, 0.15) is 12.2 Å². The molecule has 0 spiro atoms. The maximum absolute atomic E-state index is 12.4. The summed E-state index contributed by atoms with van der Waals surface area (Å²) in [5, 5.41) is 2.97. The van der Waals surface area contributed by atoms with Crippen molar-refractivity contribution in [2.75, 3.05) is 11.9 Å². The summed E-state index contributed by atoms with van der Waals surface area (Å²) in [4.78, 5) is 17.2. The van der Waals surface area contributed by atoms with Crippen molar-refractivity contribution in [3.8, 4) is 0 Å². The fourth-order valence-electron chi connectivity index (χ4n) is 4.00. The molecule has 0 atom stereocenters. The van der Waals surface area contributed by atoms with Gasteiger partial charge in [-0.1, -0.05) is 24.3 Å². The third-order valence-electron chi connectivity index (χ3n) is 5.55. The lowest BCUT2D eigenvalue weighted by Crippen LogP contribution is -2.27. The predicted molar refractivity (Wildman–Crippen MR) is 124 cm³/mol. The Morgan fingerprint density at radius 2 is 1.65 bits per heavy atom. The number of nitrogens with zero attached hydrogens (tertiary/aromatic N) is 1. The molecule has 0 saturated carbocycles. The zero-order chi connectivity index (χ0) is 22.2. The minimum atomic E-state index is -0.533. The van der Waals surface area contributed by atoms with E-state index < -0.39 is 11.7 Å². The monoisotopic (exact) mass is 420 g/mol. The molecule has 5 aliphatic rings. The molecule has 0 unspecified atom stereocenters. The summed E-state index contributed by atoms with van der Waals surface area (Å²) < 4.78 is 11.4. The van der Waals surface area contributed by atoms with Crippen molar-refractivity contribution in [1.82, 2.24) is 0 Å². The number of hydrogen-bond donors (Lipinski definition) is 1. The van der Waals surface area contributed by atoms with Gasteiger partial charge in [0.2, 0.25) is 5.90 Å². The summed E-state index contributed by atoms with van der Waals surface area (Å²) in [6.45, 7) is 10.4. The molecule has 2 aromatic rings. The van der Waals surface area contributed by atoms with Crippen molar-refractivity contribution in [1.29, 1.82) is 0 Å². The van der Waals surface area contributed by atoms with Crippen LogP contribution in [0.4, 0.5) is 10.5 Å². The van der Waals surface area contributed by atoms with Gasteiger partial charge < -0.3 is 9.47 Å². The summed E-state index contributed by atoms with van der Waals surface area (Å²) in [6.07, 6.45) is 3.02. The second-order valence-corrected chi connectivity index (χ2v) is 10.1. The number of benzene rings is 2. The quantitative estimate of drug-likeness (QED) is 0.700. The van der Waals surface area contributed by atoms with Gasteiger partial charge >= 0.3 is 6.09 Å². The standard InChI is InChI=1S/C26H32N2O3/c1-25(2,3)31-24(29)27-22-15-18-7-6-17-8-10-19(12-13-20(22)11-9-18)21(14-17)23-28-26(4,5)16-30-23/h8-11,14-15H,6-7,12-13,16H2,1-5H3,(H,27,29). The Morgan fingerprint density at radius 3 is 2.29 bits per heavy atom. The van der Waals surface area contributed by atoms with Crippen molar-refractivity contribution in [2.45, 2.75) is 71.4 Å². The van der Waals surface area contributed by atoms with Gasteiger partial charge in [-0.15, -0.1) is 0 Å². The van der Waals surface area contributed by atoms with Crippen LogP contribution in [0.5, 0.6) is 0 Å². The second-order valence-electron chi connectivity index (χ2n) is 10.1. The molecular weight excluding hydrogens is 388 g/mol. The largest absolute Gasteiger partial charge is 0.475 e. The Morgan fingerprint density at radius 1 is 1.00 bits per heavy atom. The summed E-state index contributed by atoms with van der Waals surface area (Å²) in [5.74, 6) is 0.750. The normalized spacial score (nSPS) is 17.4. The predicted octanol–water partition coefficient (Wildman–Crippen LogP) is 5.47. The number of amides is 1. The van der Waals surface area contributed by atoms with Gasteiger partial charge in [0.15, 0.2) is 0 Å². The number of rotatable bonds is 2. The molecule has 7 rings (SSSR count). The SMILES string of the molecule is CC1(C)COC(c2cc3ccc2CCc2ccc(cc2NC(=O)OC(C)(C)C)CC3)=N1. The van der Waals surface area contributed by atoms with Crippen molar-refractivity contribution in [3.05, 3.63) is 64.2 Å². The lowest BCUT2D eigenvalue weighted by molar-refractivity contribution is 0.0636. The smallest absolute Gasteiger partial charge is 0.412 e. The third kappa shape index (κ3) is 5.27. The summed E-state index contributed by atoms with van der Waals surface area (Å²) >= 11 is 0. The third-order valence-corrected chi connectivity index (χ3v) is 5.55. The van der Waals surface area contributed by atoms with Crippen LogP contribution in [-0.2, 0) is 35.2 Å². The molecular formula is C26H32N2O3. The van der Waals surface area contributed by atoms with E-state index in [1.807, 2.05) is 20.8 Å². The molecule has 1 heterocycles. The molecule has 0 aromatic heterocycles. The van der Waals surface area contributed by atoms with E-state index in [0.717, 1.165) is 48.4 Å². The van der Waals surface area contributed by atoms with Crippen molar-refractivity contribution >= 4 is 17.7 Å². The average Bonchev–Trinajstić information content (AvgIpc) is 3.02. The van der Waals surface area contributed by atoms with Crippen LogP contribution in [-0.4, -0.2) is 29.7 Å². The Balaban J connectivity index is 1.64. The molecule has 0 saturated heterocycles. The van der Waals surface area contributed by atoms with Crippen LogP contribution >= 0.6 is 0 Å². The van der Waals surface area contributed by atoms with Gasteiger partial charge in [-0.3, -0.25) is 5.32 Å². The summed E-state index contributed by atoms with van der Waals surface area (Å²) in [6, 6.07) is 13.0. The van der Waals surface area contributed by atoms with E-state index in [1.54, 1.807) is 0 Å². The molecule has 2 aromatic carbocycles. The van der Waals surface area contributed by atoms with Gasteiger partial charge in [-0.05, 0) is 94.7 Å². The number of ether oxygens (including phenoxy) is 2. The van der Waals surface area contributed by atoms with Crippen LogP contribution < -0.4 is 5.32 Å². The second kappa shape index (κ2) is 8.03. The highest BCUT2D eigenvalue weighted by atomic mass is 16.6. The van der Waals surface area contributed by atoms with Gasteiger partial charge in [0, 0.05) is 11.3 Å². The number of aliphatic imine (C=N–C) groups is 1. The highest BCUT2D eigenvalue weighted by molar-refractivity contribution is 5.97. The number of hydrogen-bond acceptors (Lipinski definition) is 4. The zero-order valence-corrected chi connectivity index (χ0v) is 19.2. The van der Waals surface area contributed by atoms with Crippen LogP contribution in [0.15, 0.2) is 41.4 Å². The van der Waals surface area contributed by atoms with Crippen molar-refractivity contribution in [3.63, 3.8) is 0 Å². The highest BCUT2D eigenvalue weighted by Crippen LogP contribution is 2.28. The molecule has 0 radical (unpaired) electrons. The Labute approximate surface area is 184 Å². The van der Waals surface area contributed by atoms with Crippen LogP contribution in [0, 0.1) is 0 Å². The van der Waals surface area contributed by atoms with Gasteiger partial charge in [0.25, 0.3) is 0 Å². The van der Waals surface area contributed by atoms with E-state index >= 15 is 0 Å². The van der Waals surface area contributed by atoms with Gasteiger partial charge in [0.05, 0.1) is 5.54 Å². The summed E-state index contributed by atoms with van der Waals surface area (Å²) in [7, 11) is 0. The molecule has 5 heteroatoms. The van der Waals surface area contributed by atoms with Crippen LogP contribution in [0.3, 0.4) is 0 Å². The average molecular weight is 421 g/mol. The minimum Gasteiger partial charge on any atom is -0.475 e. The first-order chi connectivity index (χ1) is 14.6. The summed E-state index contributed by atoms with van der Waals surface area (Å²) in [5.41, 5.74) is 5.98. The lowest BCUT2D eigenvalue weighted by Gasteiger charge is -2.21. The molecule has 1 N–H and O–H groups in total. The minimum absolute atomic E-state index is 0.187. The van der Waals surface area contributed by atoms with Gasteiger partial charge in [-0.2, -0.15) is 0 Å². The molecule has 1 amide bonds. The molecule has 0 fully saturated rings. The fourth-order valence-corrected chi connectivity index (χ4v) is 4.00. The molecule has 164 valence electrons.